The molecule has 0 saturated carbocycles. The van der Waals surface area contributed by atoms with E-state index in [4.69, 9.17) is 11.6 Å². The molecule has 1 aromatic heterocycles. The van der Waals surface area contributed by atoms with Gasteiger partial charge in [0.2, 0.25) is 0 Å². The summed E-state index contributed by atoms with van der Waals surface area (Å²) in [5.74, 6) is 0.702. The first-order chi connectivity index (χ1) is 11.8. The Bertz CT molecular complexity index is 962. The van der Waals surface area contributed by atoms with E-state index in [1.807, 2.05) is 24.3 Å². The fraction of sp³-hybridized carbons (Fsp3) is 0.250. The van der Waals surface area contributed by atoms with Gasteiger partial charge in [0, 0.05) is 35.5 Å². The lowest BCUT2D eigenvalue weighted by molar-refractivity contribution is 0.839. The number of benzene rings is 2. The fourth-order valence-electron chi connectivity index (χ4n) is 3.46. The van der Waals surface area contributed by atoms with Gasteiger partial charge in [-0.15, -0.1) is 11.6 Å². The zero-order valence-corrected chi connectivity index (χ0v) is 14.1. The molecule has 0 unspecified atom stereocenters. The minimum absolute atomic E-state index is 0.0160. The van der Waals surface area contributed by atoms with Crippen molar-refractivity contribution in [2.24, 2.45) is 0 Å². The molecule has 0 amide bonds. The Kier molecular flexibility index (Phi) is 4.03. The van der Waals surface area contributed by atoms with Crippen LogP contribution in [0.1, 0.15) is 24.0 Å². The molecule has 3 aromatic rings. The molecule has 3 nitrogen and oxygen atoms in total. The van der Waals surface area contributed by atoms with E-state index in [0.717, 1.165) is 53.5 Å². The van der Waals surface area contributed by atoms with Crippen LogP contribution in [0.15, 0.2) is 47.3 Å². The van der Waals surface area contributed by atoms with Gasteiger partial charge >= 0.3 is 0 Å². The molecule has 0 fully saturated rings. The van der Waals surface area contributed by atoms with Crippen molar-refractivity contribution in [3.05, 3.63) is 63.9 Å². The highest BCUT2D eigenvalue weighted by Gasteiger charge is 2.22. The summed E-state index contributed by atoms with van der Waals surface area (Å²) < 4.78 is 0. The van der Waals surface area contributed by atoms with Crippen LogP contribution in [0.5, 0.6) is 0 Å². The Morgan fingerprint density at radius 2 is 1.92 bits per heavy atom. The fourth-order valence-corrected chi connectivity index (χ4v) is 3.65. The van der Waals surface area contributed by atoms with Crippen molar-refractivity contribution in [1.29, 1.82) is 0 Å². The number of anilines is 1. The maximum atomic E-state index is 12.4. The maximum Gasteiger partial charge on any atom is 0.256 e. The lowest BCUT2D eigenvalue weighted by Gasteiger charge is -2.09. The molecule has 4 heteroatoms. The van der Waals surface area contributed by atoms with Gasteiger partial charge in [-0.1, -0.05) is 24.3 Å². The molecule has 0 saturated heterocycles. The molecular weight excluding hydrogens is 320 g/mol. The quantitative estimate of drug-likeness (QED) is 0.415. The van der Waals surface area contributed by atoms with Crippen LogP contribution in [0.2, 0.25) is 0 Å². The first-order valence-electron chi connectivity index (χ1n) is 8.35. The lowest BCUT2D eigenvalue weighted by atomic mass is 10.0. The molecule has 24 heavy (non-hydrogen) atoms. The molecule has 4 rings (SSSR count). The number of alkyl halides is 1. The highest BCUT2D eigenvalue weighted by molar-refractivity contribution is 6.17. The molecule has 2 N–H and O–H groups in total. The third kappa shape index (κ3) is 2.59. The predicted octanol–water partition coefficient (Wildman–Crippen LogP) is 4.53. The van der Waals surface area contributed by atoms with Crippen molar-refractivity contribution >= 4 is 28.1 Å². The number of H-pyrrole nitrogens is 1. The largest absolute Gasteiger partial charge is 0.385 e. The van der Waals surface area contributed by atoms with Gasteiger partial charge in [0.05, 0.1) is 5.69 Å². The molecule has 0 atom stereocenters. The van der Waals surface area contributed by atoms with Gasteiger partial charge in [-0.3, -0.25) is 4.79 Å². The van der Waals surface area contributed by atoms with Crippen LogP contribution in [0.4, 0.5) is 5.69 Å². The number of hydrogen-bond donors (Lipinski definition) is 2. The predicted molar refractivity (Wildman–Crippen MR) is 101 cm³/mol. The Morgan fingerprint density at radius 1 is 1.08 bits per heavy atom. The number of unbranched alkanes of at least 4 members (excludes halogenated alkanes) is 1. The summed E-state index contributed by atoms with van der Waals surface area (Å²) in [6.45, 7) is 0.909. The highest BCUT2D eigenvalue weighted by atomic mass is 35.5. The van der Waals surface area contributed by atoms with Crippen molar-refractivity contribution in [1.82, 2.24) is 4.98 Å². The molecule has 2 aromatic carbocycles. The van der Waals surface area contributed by atoms with E-state index in [1.165, 1.54) is 11.1 Å². The van der Waals surface area contributed by atoms with Gasteiger partial charge in [-0.2, -0.15) is 0 Å². The summed E-state index contributed by atoms with van der Waals surface area (Å²) in [4.78, 5) is 15.5. The molecular formula is C20H19ClN2O. The van der Waals surface area contributed by atoms with Crippen molar-refractivity contribution in [2.45, 2.75) is 19.3 Å². The Labute approximate surface area is 145 Å². The van der Waals surface area contributed by atoms with Crippen LogP contribution in [-0.4, -0.2) is 17.4 Å². The monoisotopic (exact) mass is 338 g/mol. The van der Waals surface area contributed by atoms with Gasteiger partial charge < -0.3 is 10.3 Å². The summed E-state index contributed by atoms with van der Waals surface area (Å²) in [6, 6.07) is 14.3. The standard InChI is InChI=1S/C20H19ClN2O/c21-9-3-4-10-22-14-8-7-13-11-18-15-5-1-2-6-16(15)20(24)23-19(18)17(13)12-14/h1-2,5-8,12,22H,3-4,9-11H2,(H,23,24). The minimum atomic E-state index is -0.0160. The van der Waals surface area contributed by atoms with Gasteiger partial charge in [0.25, 0.3) is 5.56 Å². The molecule has 0 radical (unpaired) electrons. The molecule has 0 spiro atoms. The molecule has 0 bridgehead atoms. The first-order valence-corrected chi connectivity index (χ1v) is 8.88. The number of hydrogen-bond acceptors (Lipinski definition) is 2. The third-order valence-electron chi connectivity index (χ3n) is 4.67. The van der Waals surface area contributed by atoms with Crippen LogP contribution in [0.3, 0.4) is 0 Å². The number of rotatable bonds is 5. The number of pyridine rings is 1. The number of halogens is 1. The van der Waals surface area contributed by atoms with Gasteiger partial charge in [-0.25, -0.2) is 0 Å². The average molecular weight is 339 g/mol. The number of fused-ring (bicyclic) bond motifs is 5. The second-order valence-corrected chi connectivity index (χ2v) is 6.60. The van der Waals surface area contributed by atoms with Crippen molar-refractivity contribution in [2.75, 3.05) is 17.7 Å². The summed E-state index contributed by atoms with van der Waals surface area (Å²) >= 11 is 5.72. The molecule has 1 heterocycles. The maximum absolute atomic E-state index is 12.4. The Balaban J connectivity index is 1.73. The van der Waals surface area contributed by atoms with E-state index in [2.05, 4.69) is 28.5 Å². The topological polar surface area (TPSA) is 44.9 Å². The lowest BCUT2D eigenvalue weighted by Crippen LogP contribution is -2.08. The summed E-state index contributed by atoms with van der Waals surface area (Å²) in [7, 11) is 0. The van der Waals surface area contributed by atoms with Crippen LogP contribution in [-0.2, 0) is 6.42 Å². The number of aromatic nitrogens is 1. The zero-order valence-electron chi connectivity index (χ0n) is 13.4. The van der Waals surface area contributed by atoms with E-state index < -0.39 is 0 Å². The second kappa shape index (κ2) is 6.33. The number of nitrogens with one attached hydrogen (secondary N) is 2. The van der Waals surface area contributed by atoms with Gasteiger partial charge in [-0.05, 0) is 47.6 Å². The average Bonchev–Trinajstić information content (AvgIpc) is 2.97. The molecule has 1 aliphatic rings. The van der Waals surface area contributed by atoms with Crippen LogP contribution >= 0.6 is 11.6 Å². The summed E-state index contributed by atoms with van der Waals surface area (Å²) in [5, 5.41) is 5.27. The van der Waals surface area contributed by atoms with E-state index in [0.29, 0.717) is 5.88 Å². The Hall–Kier alpha value is -2.26. The van der Waals surface area contributed by atoms with Gasteiger partial charge in [0.1, 0.15) is 0 Å². The first kappa shape index (κ1) is 15.3. The van der Waals surface area contributed by atoms with Gasteiger partial charge in [0.15, 0.2) is 0 Å². The van der Waals surface area contributed by atoms with Crippen LogP contribution in [0, 0.1) is 0 Å². The van der Waals surface area contributed by atoms with Crippen LogP contribution < -0.4 is 10.9 Å². The summed E-state index contributed by atoms with van der Waals surface area (Å²) in [6.07, 6.45) is 2.94. The summed E-state index contributed by atoms with van der Waals surface area (Å²) in [5.41, 5.74) is 5.67. The SMILES string of the molecule is O=c1[nH]c2c(c3ccccc13)Cc1ccc(NCCCCCl)cc1-2. The second-order valence-electron chi connectivity index (χ2n) is 6.22. The van der Waals surface area contributed by atoms with E-state index in [-0.39, 0.29) is 5.56 Å². The smallest absolute Gasteiger partial charge is 0.256 e. The van der Waals surface area contributed by atoms with E-state index >= 15 is 0 Å². The zero-order chi connectivity index (χ0) is 16.5. The normalized spacial score (nSPS) is 12.2. The van der Waals surface area contributed by atoms with Crippen molar-refractivity contribution in [3.8, 4) is 11.3 Å². The molecule has 122 valence electrons. The van der Waals surface area contributed by atoms with E-state index in [1.54, 1.807) is 0 Å². The molecule has 0 aliphatic heterocycles. The van der Waals surface area contributed by atoms with E-state index in [9.17, 15) is 4.79 Å². The minimum Gasteiger partial charge on any atom is -0.385 e. The molecule has 1 aliphatic carbocycles. The van der Waals surface area contributed by atoms with Crippen molar-refractivity contribution < 1.29 is 0 Å². The number of aromatic amines is 1. The van der Waals surface area contributed by atoms with Crippen LogP contribution in [0.25, 0.3) is 22.0 Å². The third-order valence-corrected chi connectivity index (χ3v) is 4.94. The highest BCUT2D eigenvalue weighted by Crippen LogP contribution is 2.39. The van der Waals surface area contributed by atoms with Crippen molar-refractivity contribution in [3.63, 3.8) is 0 Å². The Morgan fingerprint density at radius 3 is 2.75 bits per heavy atom.